The minimum absolute atomic E-state index is 0.0607. The molecule has 3 atom stereocenters. The van der Waals surface area contributed by atoms with Crippen LogP contribution in [0.3, 0.4) is 0 Å². The van der Waals surface area contributed by atoms with E-state index in [2.05, 4.69) is 23.5 Å². The fourth-order valence-electron chi connectivity index (χ4n) is 4.05. The van der Waals surface area contributed by atoms with E-state index in [4.69, 9.17) is 9.47 Å². The minimum Gasteiger partial charge on any atom is -0.497 e. The number of hydrogen-bond donors (Lipinski definition) is 1. The average Bonchev–Trinajstić information content (AvgIpc) is 3.16. The van der Waals surface area contributed by atoms with Crippen molar-refractivity contribution >= 4 is 11.4 Å². The van der Waals surface area contributed by atoms with Gasteiger partial charge in [0.05, 0.1) is 30.9 Å². The first kappa shape index (κ1) is 16.4. The number of fused-ring (bicyclic) bond motifs is 3. The van der Waals surface area contributed by atoms with E-state index in [9.17, 15) is 10.1 Å². The molecule has 4 rings (SSSR count). The van der Waals surface area contributed by atoms with Crippen molar-refractivity contribution in [2.75, 3.05) is 19.5 Å². The molecule has 26 heavy (non-hydrogen) atoms. The van der Waals surface area contributed by atoms with Crippen LogP contribution in [0.4, 0.5) is 11.4 Å². The van der Waals surface area contributed by atoms with Crippen LogP contribution in [0.1, 0.15) is 29.5 Å². The van der Waals surface area contributed by atoms with Gasteiger partial charge in [-0.15, -0.1) is 0 Å². The first-order valence-corrected chi connectivity index (χ1v) is 8.56. The molecule has 0 spiro atoms. The highest BCUT2D eigenvalue weighted by Crippen LogP contribution is 2.53. The standard InChI is InChI=1S/C20H20N2O4/c1-25-14-10-17-15-4-3-5-16(15)19(21-20(17)18(11-14)26-2)12-6-8-13(9-7-12)22(23)24/h3-4,6-11,15-16,19,21H,5H2,1-2H3/t15-,16-,19+/m0/s1. The summed E-state index contributed by atoms with van der Waals surface area (Å²) in [6.07, 6.45) is 5.40. The van der Waals surface area contributed by atoms with Crippen LogP contribution >= 0.6 is 0 Å². The largest absolute Gasteiger partial charge is 0.497 e. The fourth-order valence-corrected chi connectivity index (χ4v) is 4.05. The van der Waals surface area contributed by atoms with E-state index < -0.39 is 0 Å². The average molecular weight is 352 g/mol. The number of nitrogens with zero attached hydrogens (tertiary/aromatic N) is 1. The molecule has 0 aromatic heterocycles. The highest BCUT2D eigenvalue weighted by Gasteiger charge is 2.39. The zero-order chi connectivity index (χ0) is 18.3. The van der Waals surface area contributed by atoms with Crippen molar-refractivity contribution in [2.24, 2.45) is 5.92 Å². The predicted octanol–water partition coefficient (Wildman–Crippen LogP) is 4.44. The Kier molecular flexibility index (Phi) is 4.03. The zero-order valence-corrected chi connectivity index (χ0v) is 14.6. The molecule has 6 nitrogen and oxygen atoms in total. The Morgan fingerprint density at radius 2 is 1.92 bits per heavy atom. The summed E-state index contributed by atoms with van der Waals surface area (Å²) in [7, 11) is 3.30. The number of nitrogens with one attached hydrogen (secondary N) is 1. The molecule has 6 heteroatoms. The molecular weight excluding hydrogens is 332 g/mol. The normalized spacial score (nSPS) is 22.9. The minimum atomic E-state index is -0.372. The molecule has 1 heterocycles. The molecule has 2 aromatic carbocycles. The van der Waals surface area contributed by atoms with Gasteiger partial charge < -0.3 is 14.8 Å². The smallest absolute Gasteiger partial charge is 0.269 e. The SMILES string of the molecule is COc1cc(OC)c2c(c1)[C@H]1C=CC[C@@H]1[C@@H](c1ccc([N+](=O)[O-])cc1)N2. The fraction of sp³-hybridized carbons (Fsp3) is 0.300. The quantitative estimate of drug-likeness (QED) is 0.500. The molecule has 2 aromatic rings. The van der Waals surface area contributed by atoms with Crippen molar-refractivity contribution < 1.29 is 14.4 Å². The molecule has 0 saturated carbocycles. The van der Waals surface area contributed by atoms with Crippen molar-refractivity contribution in [3.63, 3.8) is 0 Å². The molecule has 0 unspecified atom stereocenters. The van der Waals surface area contributed by atoms with E-state index in [1.807, 2.05) is 18.2 Å². The number of allylic oxidation sites excluding steroid dienone is 2. The number of methoxy groups -OCH3 is 2. The lowest BCUT2D eigenvalue weighted by Crippen LogP contribution is -2.29. The van der Waals surface area contributed by atoms with Crippen LogP contribution in [0.25, 0.3) is 0 Å². The summed E-state index contributed by atoms with van der Waals surface area (Å²) in [4.78, 5) is 10.6. The monoisotopic (exact) mass is 352 g/mol. The summed E-state index contributed by atoms with van der Waals surface area (Å²) >= 11 is 0. The number of rotatable bonds is 4. The van der Waals surface area contributed by atoms with Gasteiger partial charge in [-0.25, -0.2) is 0 Å². The van der Waals surface area contributed by atoms with E-state index >= 15 is 0 Å². The van der Waals surface area contributed by atoms with Gasteiger partial charge in [-0.05, 0) is 29.5 Å². The lowest BCUT2D eigenvalue weighted by molar-refractivity contribution is -0.384. The van der Waals surface area contributed by atoms with E-state index in [1.54, 1.807) is 26.4 Å². The lowest BCUT2D eigenvalue weighted by atomic mass is 9.77. The van der Waals surface area contributed by atoms with Crippen LogP contribution in [-0.2, 0) is 0 Å². The number of hydrogen-bond acceptors (Lipinski definition) is 5. The second-order valence-electron chi connectivity index (χ2n) is 6.62. The lowest BCUT2D eigenvalue weighted by Gasteiger charge is -2.38. The zero-order valence-electron chi connectivity index (χ0n) is 14.6. The van der Waals surface area contributed by atoms with Crippen molar-refractivity contribution in [1.82, 2.24) is 0 Å². The third-order valence-electron chi connectivity index (χ3n) is 5.32. The molecule has 1 N–H and O–H groups in total. The van der Waals surface area contributed by atoms with E-state index in [0.717, 1.165) is 34.7 Å². The Morgan fingerprint density at radius 1 is 1.15 bits per heavy atom. The Hall–Kier alpha value is -3.02. The van der Waals surface area contributed by atoms with Crippen molar-refractivity contribution in [1.29, 1.82) is 0 Å². The summed E-state index contributed by atoms with van der Waals surface area (Å²) in [5, 5.41) is 14.5. The van der Waals surface area contributed by atoms with Gasteiger partial charge in [0.15, 0.2) is 0 Å². The van der Waals surface area contributed by atoms with Crippen molar-refractivity contribution in [3.8, 4) is 11.5 Å². The maximum atomic E-state index is 10.9. The Morgan fingerprint density at radius 3 is 2.58 bits per heavy atom. The molecule has 1 aliphatic heterocycles. The number of non-ortho nitro benzene ring substituents is 1. The second kappa shape index (κ2) is 6.37. The third-order valence-corrected chi connectivity index (χ3v) is 5.32. The van der Waals surface area contributed by atoms with Crippen molar-refractivity contribution in [2.45, 2.75) is 18.4 Å². The first-order valence-electron chi connectivity index (χ1n) is 8.56. The number of anilines is 1. The predicted molar refractivity (Wildman–Crippen MR) is 99.0 cm³/mol. The molecule has 0 bridgehead atoms. The topological polar surface area (TPSA) is 73.6 Å². The molecule has 0 saturated heterocycles. The van der Waals surface area contributed by atoms with Gasteiger partial charge in [0.2, 0.25) is 0 Å². The van der Waals surface area contributed by atoms with E-state index in [-0.39, 0.29) is 22.6 Å². The molecular formula is C20H20N2O4. The highest BCUT2D eigenvalue weighted by atomic mass is 16.6. The molecule has 134 valence electrons. The van der Waals surface area contributed by atoms with Gasteiger partial charge in [-0.3, -0.25) is 10.1 Å². The summed E-state index contributed by atoms with van der Waals surface area (Å²) in [6, 6.07) is 10.8. The number of nitro groups is 1. The van der Waals surface area contributed by atoms with Gasteiger partial charge in [0.1, 0.15) is 11.5 Å². The second-order valence-corrected chi connectivity index (χ2v) is 6.62. The van der Waals surface area contributed by atoms with Crippen LogP contribution in [0.15, 0.2) is 48.6 Å². The first-order chi connectivity index (χ1) is 12.6. The summed E-state index contributed by atoms with van der Waals surface area (Å²) in [6.45, 7) is 0. The van der Waals surface area contributed by atoms with Crippen LogP contribution in [0.5, 0.6) is 11.5 Å². The van der Waals surface area contributed by atoms with Crippen LogP contribution in [-0.4, -0.2) is 19.1 Å². The molecule has 1 aliphatic carbocycles. The number of nitro benzene ring substituents is 1. The third kappa shape index (κ3) is 2.58. The molecule has 0 fully saturated rings. The Labute approximate surface area is 151 Å². The van der Waals surface area contributed by atoms with Crippen LogP contribution in [0.2, 0.25) is 0 Å². The molecule has 0 amide bonds. The van der Waals surface area contributed by atoms with E-state index in [0.29, 0.717) is 5.92 Å². The van der Waals surface area contributed by atoms with E-state index in [1.165, 1.54) is 0 Å². The maximum absolute atomic E-state index is 10.9. The molecule has 0 radical (unpaired) electrons. The van der Waals surface area contributed by atoms with Gasteiger partial charge in [-0.1, -0.05) is 24.3 Å². The van der Waals surface area contributed by atoms with Crippen LogP contribution < -0.4 is 14.8 Å². The summed E-state index contributed by atoms with van der Waals surface area (Å²) in [5.74, 6) is 2.12. The Balaban J connectivity index is 1.77. The summed E-state index contributed by atoms with van der Waals surface area (Å²) in [5.41, 5.74) is 3.27. The Bertz CT molecular complexity index is 876. The van der Waals surface area contributed by atoms with Crippen LogP contribution in [0, 0.1) is 16.0 Å². The maximum Gasteiger partial charge on any atom is 0.269 e. The molecule has 2 aliphatic rings. The van der Waals surface area contributed by atoms with Gasteiger partial charge >= 0.3 is 0 Å². The number of benzene rings is 2. The number of ether oxygens (including phenoxy) is 2. The van der Waals surface area contributed by atoms with Gasteiger partial charge in [0, 0.05) is 24.1 Å². The summed E-state index contributed by atoms with van der Waals surface area (Å²) < 4.78 is 11.0. The van der Waals surface area contributed by atoms with Gasteiger partial charge in [0.25, 0.3) is 5.69 Å². The highest BCUT2D eigenvalue weighted by molar-refractivity contribution is 5.70. The van der Waals surface area contributed by atoms with Gasteiger partial charge in [-0.2, -0.15) is 0 Å². The van der Waals surface area contributed by atoms with Crippen molar-refractivity contribution in [3.05, 3.63) is 69.8 Å².